The smallest absolute Gasteiger partial charge is 0.203 e. The number of aryl methyl sites for hydroxylation is 2. The number of anilines is 1. The number of nitrogens with zero attached hydrogens (tertiary/aromatic N) is 4. The Labute approximate surface area is 114 Å². The number of hydrogen-bond acceptors (Lipinski definition) is 3. The van der Waals surface area contributed by atoms with E-state index in [0.29, 0.717) is 5.95 Å². The summed E-state index contributed by atoms with van der Waals surface area (Å²) in [6.45, 7) is 8.77. The molecule has 0 amide bonds. The molecule has 2 rings (SSSR count). The summed E-state index contributed by atoms with van der Waals surface area (Å²) in [5, 5.41) is 4.60. The normalized spacial score (nSPS) is 12.5. The van der Waals surface area contributed by atoms with E-state index in [-0.39, 0.29) is 5.54 Å². The van der Waals surface area contributed by atoms with Crippen LogP contribution < -0.4 is 5.73 Å². The first-order valence-corrected chi connectivity index (χ1v) is 7.18. The van der Waals surface area contributed by atoms with Gasteiger partial charge in [0.2, 0.25) is 5.95 Å². The second-order valence-electron chi connectivity index (χ2n) is 5.50. The van der Waals surface area contributed by atoms with Crippen molar-refractivity contribution < 1.29 is 0 Å². The number of imidazole rings is 1. The van der Waals surface area contributed by atoms with Crippen LogP contribution in [0.5, 0.6) is 0 Å². The molecule has 0 fully saturated rings. The summed E-state index contributed by atoms with van der Waals surface area (Å²) in [5.74, 6) is 0.603. The summed E-state index contributed by atoms with van der Waals surface area (Å²) in [5.41, 5.74) is 9.25. The van der Waals surface area contributed by atoms with Gasteiger partial charge in [-0.05, 0) is 26.2 Å². The highest BCUT2D eigenvalue weighted by molar-refractivity contribution is 5.78. The van der Waals surface area contributed by atoms with Gasteiger partial charge in [-0.2, -0.15) is 5.10 Å². The summed E-state index contributed by atoms with van der Waals surface area (Å²) in [7, 11) is 1.98. The fourth-order valence-corrected chi connectivity index (χ4v) is 2.70. The number of nitrogens with two attached hydrogens (primary N) is 1. The molecular weight excluding hydrogens is 238 g/mol. The van der Waals surface area contributed by atoms with Gasteiger partial charge in [-0.1, -0.05) is 27.2 Å². The summed E-state index contributed by atoms with van der Waals surface area (Å²) >= 11 is 0. The van der Waals surface area contributed by atoms with E-state index in [1.54, 1.807) is 0 Å². The molecule has 0 unspecified atom stereocenters. The van der Waals surface area contributed by atoms with Crippen LogP contribution >= 0.6 is 0 Å². The highest BCUT2D eigenvalue weighted by Crippen LogP contribution is 2.33. The van der Waals surface area contributed by atoms with Crippen molar-refractivity contribution >= 4 is 17.1 Å². The maximum absolute atomic E-state index is 6.18. The van der Waals surface area contributed by atoms with Crippen molar-refractivity contribution in [3.63, 3.8) is 0 Å². The first-order valence-electron chi connectivity index (χ1n) is 7.18. The van der Waals surface area contributed by atoms with Crippen molar-refractivity contribution in [1.82, 2.24) is 19.3 Å². The maximum atomic E-state index is 6.18. The third-order valence-corrected chi connectivity index (χ3v) is 4.28. The van der Waals surface area contributed by atoms with Gasteiger partial charge in [-0.15, -0.1) is 0 Å². The van der Waals surface area contributed by atoms with E-state index in [9.17, 15) is 0 Å². The Bertz CT molecular complexity index is 574. The molecule has 106 valence electrons. The van der Waals surface area contributed by atoms with Crippen LogP contribution in [-0.4, -0.2) is 19.3 Å². The highest BCUT2D eigenvalue weighted by atomic mass is 15.4. The quantitative estimate of drug-likeness (QED) is 0.902. The third-order valence-electron chi connectivity index (χ3n) is 4.28. The Morgan fingerprint density at radius 3 is 2.37 bits per heavy atom. The van der Waals surface area contributed by atoms with Crippen LogP contribution in [0.3, 0.4) is 0 Å². The summed E-state index contributed by atoms with van der Waals surface area (Å²) in [4.78, 5) is 4.57. The summed E-state index contributed by atoms with van der Waals surface area (Å²) in [6, 6.07) is 0. The van der Waals surface area contributed by atoms with E-state index in [1.807, 2.05) is 11.7 Å². The molecular formula is C14H25N5. The van der Waals surface area contributed by atoms with Crippen molar-refractivity contribution in [2.24, 2.45) is 7.05 Å². The third kappa shape index (κ3) is 2.01. The fourth-order valence-electron chi connectivity index (χ4n) is 2.70. The Balaban J connectivity index is 2.72. The van der Waals surface area contributed by atoms with Crippen LogP contribution in [0.25, 0.3) is 11.2 Å². The van der Waals surface area contributed by atoms with Gasteiger partial charge in [0.15, 0.2) is 5.65 Å². The highest BCUT2D eigenvalue weighted by Gasteiger charge is 2.29. The van der Waals surface area contributed by atoms with Crippen LogP contribution in [0.4, 0.5) is 5.95 Å². The van der Waals surface area contributed by atoms with E-state index in [1.165, 1.54) is 0 Å². The Morgan fingerprint density at radius 2 is 1.84 bits per heavy atom. The van der Waals surface area contributed by atoms with Crippen molar-refractivity contribution in [2.45, 2.75) is 58.9 Å². The molecule has 0 radical (unpaired) electrons. The second-order valence-corrected chi connectivity index (χ2v) is 5.50. The van der Waals surface area contributed by atoms with E-state index in [4.69, 9.17) is 5.73 Å². The minimum absolute atomic E-state index is 0.00386. The zero-order chi connectivity index (χ0) is 14.2. The molecule has 0 aromatic carbocycles. The van der Waals surface area contributed by atoms with E-state index in [2.05, 4.69) is 42.3 Å². The molecule has 0 spiro atoms. The van der Waals surface area contributed by atoms with Crippen molar-refractivity contribution in [3.8, 4) is 0 Å². The number of aromatic nitrogens is 4. The lowest BCUT2D eigenvalue weighted by molar-refractivity contribution is 0.303. The van der Waals surface area contributed by atoms with Gasteiger partial charge >= 0.3 is 0 Å². The lowest BCUT2D eigenvalue weighted by Crippen LogP contribution is -2.30. The fraction of sp³-hybridized carbons (Fsp3) is 0.714. The Hall–Kier alpha value is -1.52. The predicted octanol–water partition coefficient (Wildman–Crippen LogP) is 2.84. The molecule has 2 N–H and O–H groups in total. The van der Waals surface area contributed by atoms with E-state index in [0.717, 1.165) is 42.5 Å². The number of fused-ring (bicyclic) bond motifs is 1. The van der Waals surface area contributed by atoms with Crippen molar-refractivity contribution in [2.75, 3.05) is 5.73 Å². The number of hydrogen-bond donors (Lipinski definition) is 1. The topological polar surface area (TPSA) is 61.7 Å². The van der Waals surface area contributed by atoms with Gasteiger partial charge in [0.25, 0.3) is 0 Å². The van der Waals surface area contributed by atoms with Crippen molar-refractivity contribution in [3.05, 3.63) is 5.69 Å². The average molecular weight is 263 g/mol. The largest absolute Gasteiger partial charge is 0.369 e. The number of rotatable bonds is 5. The summed E-state index contributed by atoms with van der Waals surface area (Å²) < 4.78 is 4.09. The van der Waals surface area contributed by atoms with Gasteiger partial charge in [-0.3, -0.25) is 9.25 Å². The van der Waals surface area contributed by atoms with E-state index < -0.39 is 0 Å². The zero-order valence-corrected chi connectivity index (χ0v) is 12.7. The first kappa shape index (κ1) is 13.9. The molecule has 0 saturated carbocycles. The van der Waals surface area contributed by atoms with Crippen LogP contribution in [0.1, 0.15) is 52.7 Å². The van der Waals surface area contributed by atoms with Crippen LogP contribution in [0.2, 0.25) is 0 Å². The minimum atomic E-state index is -0.00386. The molecule has 0 saturated heterocycles. The van der Waals surface area contributed by atoms with Crippen molar-refractivity contribution in [1.29, 1.82) is 0 Å². The molecule has 0 aliphatic heterocycles. The first-order chi connectivity index (χ1) is 8.98. The van der Waals surface area contributed by atoms with E-state index >= 15 is 0 Å². The molecule has 19 heavy (non-hydrogen) atoms. The molecule has 0 aliphatic rings. The molecule has 2 aromatic rings. The molecule has 2 heterocycles. The molecule has 5 nitrogen and oxygen atoms in total. The van der Waals surface area contributed by atoms with Gasteiger partial charge in [0, 0.05) is 12.6 Å². The lowest BCUT2D eigenvalue weighted by atomic mass is 9.95. The van der Waals surface area contributed by atoms with Crippen LogP contribution in [0.15, 0.2) is 0 Å². The van der Waals surface area contributed by atoms with Gasteiger partial charge < -0.3 is 5.73 Å². The average Bonchev–Trinajstić information content (AvgIpc) is 2.88. The standard InChI is InChI=1S/C14H25N5/c1-6-9-10-11-12(18(5)17-10)19(13(15)16-11)14(4,7-2)8-3/h6-9H2,1-5H3,(H2,15,16). The second kappa shape index (κ2) is 4.87. The maximum Gasteiger partial charge on any atom is 0.203 e. The molecule has 0 aliphatic carbocycles. The van der Waals surface area contributed by atoms with Crippen LogP contribution in [-0.2, 0) is 19.0 Å². The Morgan fingerprint density at radius 1 is 1.21 bits per heavy atom. The zero-order valence-electron chi connectivity index (χ0n) is 12.7. The Kier molecular flexibility index (Phi) is 3.56. The molecule has 2 aromatic heterocycles. The van der Waals surface area contributed by atoms with Gasteiger partial charge in [-0.25, -0.2) is 4.98 Å². The molecule has 5 heteroatoms. The van der Waals surface area contributed by atoms with Gasteiger partial charge in [0.1, 0.15) is 5.52 Å². The predicted molar refractivity (Wildman–Crippen MR) is 79.1 cm³/mol. The number of nitrogen functional groups attached to an aromatic ring is 1. The van der Waals surface area contributed by atoms with Gasteiger partial charge in [0.05, 0.1) is 5.69 Å². The monoisotopic (exact) mass is 263 g/mol. The molecule has 0 atom stereocenters. The lowest BCUT2D eigenvalue weighted by Gasteiger charge is -2.30. The van der Waals surface area contributed by atoms with Crippen LogP contribution in [0, 0.1) is 0 Å². The minimum Gasteiger partial charge on any atom is -0.369 e. The SMILES string of the molecule is CCCc1nn(C)c2c1nc(N)n2C(C)(CC)CC. The summed E-state index contributed by atoms with van der Waals surface area (Å²) in [6.07, 6.45) is 4.06. The molecule has 0 bridgehead atoms.